The lowest BCUT2D eigenvalue weighted by Gasteiger charge is -1.99. The lowest BCUT2D eigenvalue weighted by molar-refractivity contribution is -0.110. The van der Waals surface area contributed by atoms with Gasteiger partial charge < -0.3 is 17.4 Å². The summed E-state index contributed by atoms with van der Waals surface area (Å²) < 4.78 is 0. The molecule has 1 aromatic rings. The summed E-state index contributed by atoms with van der Waals surface area (Å²) in [6.45, 7) is 0. The van der Waals surface area contributed by atoms with E-state index in [0.29, 0.717) is 0 Å². The van der Waals surface area contributed by atoms with Crippen LogP contribution in [0.15, 0.2) is 53.6 Å². The van der Waals surface area contributed by atoms with Crippen LogP contribution in [0, 0.1) is 0 Å². The van der Waals surface area contributed by atoms with Crippen LogP contribution >= 0.6 is 0 Å². The monoisotopic (exact) mass is 233 g/mol. The van der Waals surface area contributed by atoms with Crippen LogP contribution in [0.2, 0.25) is 0 Å². The SMILES string of the molecule is N.N.O=C1C=CC(=Nc2ccc(O)cc2)C=C1. The number of carbonyl (C=O) groups excluding carboxylic acids is 1. The molecular weight excluding hydrogens is 218 g/mol. The zero-order valence-electron chi connectivity index (χ0n) is 9.34. The average molecular weight is 233 g/mol. The third kappa shape index (κ3) is 4.02. The van der Waals surface area contributed by atoms with Gasteiger partial charge in [-0.05, 0) is 48.6 Å². The molecule has 0 aromatic heterocycles. The maximum atomic E-state index is 10.8. The van der Waals surface area contributed by atoms with Crippen LogP contribution < -0.4 is 12.3 Å². The molecule has 0 fully saturated rings. The molecule has 0 aliphatic heterocycles. The fraction of sp³-hybridized carbons (Fsp3) is 0. The first-order chi connectivity index (χ1) is 7.24. The Morgan fingerprint density at radius 3 is 1.94 bits per heavy atom. The normalized spacial score (nSPS) is 12.7. The Labute approximate surface area is 99.4 Å². The van der Waals surface area contributed by atoms with Crippen LogP contribution in [0.4, 0.5) is 5.69 Å². The molecule has 0 saturated heterocycles. The molecule has 0 bridgehead atoms. The summed E-state index contributed by atoms with van der Waals surface area (Å²) in [5.41, 5.74) is 1.46. The first kappa shape index (κ1) is 14.8. The van der Waals surface area contributed by atoms with Crippen LogP contribution in [0.25, 0.3) is 0 Å². The van der Waals surface area contributed by atoms with E-state index in [2.05, 4.69) is 4.99 Å². The van der Waals surface area contributed by atoms with Crippen molar-refractivity contribution >= 4 is 17.2 Å². The predicted molar refractivity (Wildman–Crippen MR) is 68.5 cm³/mol. The van der Waals surface area contributed by atoms with E-state index in [1.807, 2.05) is 0 Å². The molecule has 0 amide bonds. The smallest absolute Gasteiger partial charge is 0.178 e. The van der Waals surface area contributed by atoms with Crippen molar-refractivity contribution in [2.24, 2.45) is 4.99 Å². The molecule has 0 unspecified atom stereocenters. The minimum Gasteiger partial charge on any atom is -0.508 e. The molecule has 0 saturated carbocycles. The highest BCUT2D eigenvalue weighted by Crippen LogP contribution is 2.17. The number of phenolic OH excluding ortho intramolecular Hbond substituents is 1. The van der Waals surface area contributed by atoms with E-state index in [1.54, 1.807) is 36.4 Å². The van der Waals surface area contributed by atoms with Gasteiger partial charge in [-0.3, -0.25) is 4.79 Å². The Morgan fingerprint density at radius 1 is 0.882 bits per heavy atom. The fourth-order valence-corrected chi connectivity index (χ4v) is 1.20. The van der Waals surface area contributed by atoms with Gasteiger partial charge in [0.05, 0.1) is 11.4 Å². The van der Waals surface area contributed by atoms with Crippen molar-refractivity contribution in [1.29, 1.82) is 0 Å². The number of aliphatic imine (C=N–C) groups is 1. The maximum Gasteiger partial charge on any atom is 0.178 e. The number of benzene rings is 1. The van der Waals surface area contributed by atoms with E-state index in [4.69, 9.17) is 5.11 Å². The van der Waals surface area contributed by atoms with Gasteiger partial charge in [0.1, 0.15) is 5.75 Å². The second-order valence-electron chi connectivity index (χ2n) is 3.12. The van der Waals surface area contributed by atoms with Gasteiger partial charge in [-0.1, -0.05) is 0 Å². The summed E-state index contributed by atoms with van der Waals surface area (Å²) in [6, 6.07) is 6.56. The third-order valence-corrected chi connectivity index (χ3v) is 1.94. The van der Waals surface area contributed by atoms with E-state index < -0.39 is 0 Å². The van der Waals surface area contributed by atoms with Crippen LogP contribution in [-0.4, -0.2) is 16.6 Å². The van der Waals surface area contributed by atoms with E-state index in [9.17, 15) is 4.79 Å². The highest BCUT2D eigenvalue weighted by Gasteiger charge is 1.99. The van der Waals surface area contributed by atoms with Crippen molar-refractivity contribution in [1.82, 2.24) is 12.3 Å². The van der Waals surface area contributed by atoms with E-state index in [1.165, 1.54) is 12.2 Å². The second kappa shape index (κ2) is 6.37. The lowest BCUT2D eigenvalue weighted by Crippen LogP contribution is -1.98. The number of rotatable bonds is 1. The Hall–Kier alpha value is -2.24. The molecule has 1 aliphatic carbocycles. The molecule has 90 valence electrons. The van der Waals surface area contributed by atoms with E-state index >= 15 is 0 Å². The molecule has 7 N–H and O–H groups in total. The van der Waals surface area contributed by atoms with Crippen molar-refractivity contribution < 1.29 is 9.90 Å². The van der Waals surface area contributed by atoms with Crippen LogP contribution in [0.5, 0.6) is 5.75 Å². The number of nitrogens with zero attached hydrogens (tertiary/aromatic N) is 1. The molecule has 0 radical (unpaired) electrons. The molecule has 0 heterocycles. The fourth-order valence-electron chi connectivity index (χ4n) is 1.20. The Balaban J connectivity index is 0.00000128. The summed E-state index contributed by atoms with van der Waals surface area (Å²) in [6.07, 6.45) is 6.27. The predicted octanol–water partition coefficient (Wildman–Crippen LogP) is 2.48. The van der Waals surface area contributed by atoms with Crippen LogP contribution in [0.3, 0.4) is 0 Å². The highest BCUT2D eigenvalue weighted by atomic mass is 16.3. The van der Waals surface area contributed by atoms with Gasteiger partial charge in [0.15, 0.2) is 5.78 Å². The molecule has 0 spiro atoms. The zero-order chi connectivity index (χ0) is 10.7. The minimum atomic E-state index is -0.0281. The molecule has 0 atom stereocenters. The average Bonchev–Trinajstić information content (AvgIpc) is 2.25. The number of hydrogen-bond donors (Lipinski definition) is 3. The van der Waals surface area contributed by atoms with Gasteiger partial charge in [0.25, 0.3) is 0 Å². The maximum absolute atomic E-state index is 10.8. The topological polar surface area (TPSA) is 120 Å². The first-order valence-corrected chi connectivity index (χ1v) is 4.52. The molecule has 5 heteroatoms. The lowest BCUT2D eigenvalue weighted by atomic mass is 10.1. The minimum absolute atomic E-state index is 0. The van der Waals surface area contributed by atoms with Gasteiger partial charge in [-0.15, -0.1) is 0 Å². The van der Waals surface area contributed by atoms with Crippen LogP contribution in [-0.2, 0) is 4.79 Å². The van der Waals surface area contributed by atoms with E-state index in [0.717, 1.165) is 11.4 Å². The Morgan fingerprint density at radius 2 is 1.41 bits per heavy atom. The van der Waals surface area contributed by atoms with Crippen molar-refractivity contribution in [3.05, 3.63) is 48.6 Å². The summed E-state index contributed by atoms with van der Waals surface area (Å²) in [5.74, 6) is 0.184. The number of hydrogen-bond acceptors (Lipinski definition) is 5. The van der Waals surface area contributed by atoms with Crippen molar-refractivity contribution in [2.45, 2.75) is 0 Å². The highest BCUT2D eigenvalue weighted by molar-refractivity contribution is 6.17. The number of aromatic hydroxyl groups is 1. The van der Waals surface area contributed by atoms with Gasteiger partial charge >= 0.3 is 0 Å². The molecule has 5 nitrogen and oxygen atoms in total. The third-order valence-electron chi connectivity index (χ3n) is 1.94. The van der Waals surface area contributed by atoms with Crippen LogP contribution in [0.1, 0.15) is 0 Å². The Bertz CT molecular complexity index is 455. The largest absolute Gasteiger partial charge is 0.508 e. The molecular formula is C12H15N3O2. The van der Waals surface area contributed by atoms with Gasteiger partial charge in [-0.2, -0.15) is 0 Å². The first-order valence-electron chi connectivity index (χ1n) is 4.52. The standard InChI is InChI=1S/C12H9NO2.2H3N/c14-11-5-1-9(2-6-11)13-10-3-7-12(15)8-4-10;;/h1-8,14H;2*1H3. The summed E-state index contributed by atoms with van der Waals surface area (Å²) in [4.78, 5) is 15.1. The number of allylic oxidation sites excluding steroid dienone is 4. The molecule has 2 rings (SSSR count). The van der Waals surface area contributed by atoms with E-state index in [-0.39, 0.29) is 23.8 Å². The second-order valence-corrected chi connectivity index (χ2v) is 3.12. The summed E-state index contributed by atoms with van der Waals surface area (Å²) in [7, 11) is 0. The number of carbonyl (C=O) groups is 1. The van der Waals surface area contributed by atoms with Crippen molar-refractivity contribution in [2.75, 3.05) is 0 Å². The zero-order valence-corrected chi connectivity index (χ0v) is 9.34. The number of ketones is 1. The molecule has 1 aromatic carbocycles. The Kier molecular flexibility index (Phi) is 5.53. The van der Waals surface area contributed by atoms with Gasteiger partial charge in [0, 0.05) is 0 Å². The molecule has 1 aliphatic rings. The molecule has 17 heavy (non-hydrogen) atoms. The quantitative estimate of drug-likeness (QED) is 0.645. The van der Waals surface area contributed by atoms with Gasteiger partial charge in [0.2, 0.25) is 0 Å². The number of phenols is 1. The summed E-state index contributed by atoms with van der Waals surface area (Å²) in [5, 5.41) is 9.08. The van der Waals surface area contributed by atoms with Crippen molar-refractivity contribution in [3.63, 3.8) is 0 Å². The van der Waals surface area contributed by atoms with Crippen molar-refractivity contribution in [3.8, 4) is 5.75 Å². The van der Waals surface area contributed by atoms with Gasteiger partial charge in [-0.25, -0.2) is 4.99 Å². The summed E-state index contributed by atoms with van der Waals surface area (Å²) >= 11 is 0.